The predicted octanol–water partition coefficient (Wildman–Crippen LogP) is 4.81. The molecule has 0 amide bonds. The summed E-state index contributed by atoms with van der Waals surface area (Å²) < 4.78 is 67.2. The number of fused-ring (bicyclic) bond motifs is 6. The Balaban J connectivity index is 1.95. The van der Waals surface area contributed by atoms with Gasteiger partial charge >= 0.3 is 5.97 Å². The van der Waals surface area contributed by atoms with Crippen molar-refractivity contribution in [3.63, 3.8) is 0 Å². The van der Waals surface area contributed by atoms with Crippen molar-refractivity contribution in [3.05, 3.63) is 76.3 Å². The molecule has 0 fully saturated rings. The van der Waals surface area contributed by atoms with Gasteiger partial charge in [0.1, 0.15) is 16.5 Å². The lowest BCUT2D eigenvalue weighted by Crippen LogP contribution is -2.17. The van der Waals surface area contributed by atoms with Crippen LogP contribution in [-0.2, 0) is 21.2 Å². The van der Waals surface area contributed by atoms with Gasteiger partial charge in [0.25, 0.3) is 10.0 Å². The lowest BCUT2D eigenvalue weighted by atomic mass is 9.97. The van der Waals surface area contributed by atoms with Crippen LogP contribution < -0.4 is 9.46 Å². The topological polar surface area (TPSA) is 81.7 Å². The fraction of sp³-hybridized carbons (Fsp3) is 0.136. The number of carbonyl (C=O) groups is 1. The van der Waals surface area contributed by atoms with Gasteiger partial charge in [0.2, 0.25) is 0 Å². The van der Waals surface area contributed by atoms with Gasteiger partial charge in [-0.25, -0.2) is 22.0 Å². The number of sulfonamides is 1. The van der Waals surface area contributed by atoms with Crippen LogP contribution >= 0.6 is 11.6 Å². The van der Waals surface area contributed by atoms with Crippen LogP contribution in [0, 0.1) is 11.6 Å². The first kappa shape index (κ1) is 22.0. The fourth-order valence-electron chi connectivity index (χ4n) is 3.44. The number of rotatable bonds is 1. The van der Waals surface area contributed by atoms with E-state index in [0.717, 1.165) is 12.1 Å². The number of halogens is 3. The van der Waals surface area contributed by atoms with Crippen molar-refractivity contribution in [3.8, 4) is 16.9 Å². The highest BCUT2D eigenvalue weighted by molar-refractivity contribution is 7.92. The SMILES string of the molecule is COc1c(Cl)cc2cc1S(=O)(=O)Nc1cc(ccc1F)-c1ccc(F)cc1CCOC2=O. The van der Waals surface area contributed by atoms with Crippen molar-refractivity contribution < 1.29 is 31.5 Å². The number of cyclic esters (lactones) is 1. The van der Waals surface area contributed by atoms with E-state index in [2.05, 4.69) is 4.72 Å². The second-order valence-corrected chi connectivity index (χ2v) is 9.03. The molecule has 0 radical (unpaired) electrons. The highest BCUT2D eigenvalue weighted by Crippen LogP contribution is 2.36. The van der Waals surface area contributed by atoms with Gasteiger partial charge in [-0.15, -0.1) is 0 Å². The number of carbonyl (C=O) groups excluding carboxylic acids is 1. The Morgan fingerprint density at radius 1 is 1.06 bits per heavy atom. The Hall–Kier alpha value is -3.17. The van der Waals surface area contributed by atoms with Gasteiger partial charge in [0.15, 0.2) is 5.75 Å². The Morgan fingerprint density at radius 3 is 2.59 bits per heavy atom. The minimum Gasteiger partial charge on any atom is -0.494 e. The molecule has 3 aromatic rings. The van der Waals surface area contributed by atoms with E-state index >= 15 is 0 Å². The van der Waals surface area contributed by atoms with E-state index in [1.165, 1.54) is 43.5 Å². The Labute approximate surface area is 187 Å². The molecule has 4 bridgehead atoms. The molecule has 4 rings (SSSR count). The Kier molecular flexibility index (Phi) is 5.79. The molecule has 0 aromatic heterocycles. The largest absolute Gasteiger partial charge is 0.494 e. The molecule has 6 nitrogen and oxygen atoms in total. The zero-order chi connectivity index (χ0) is 23.0. The molecule has 0 atom stereocenters. The summed E-state index contributed by atoms with van der Waals surface area (Å²) in [7, 11) is -3.21. The second kappa shape index (κ2) is 8.40. The van der Waals surface area contributed by atoms with Crippen LogP contribution in [0.5, 0.6) is 5.75 Å². The number of hydrogen-bond donors (Lipinski definition) is 1. The average molecular weight is 480 g/mol. The number of anilines is 1. The van der Waals surface area contributed by atoms with Gasteiger partial charge in [0.05, 0.1) is 30.0 Å². The molecule has 0 aliphatic carbocycles. The van der Waals surface area contributed by atoms with Crippen LogP contribution in [-0.4, -0.2) is 28.1 Å². The molecule has 32 heavy (non-hydrogen) atoms. The summed E-state index contributed by atoms with van der Waals surface area (Å²) in [4.78, 5) is 12.1. The molecule has 0 unspecified atom stereocenters. The molecule has 0 saturated heterocycles. The second-order valence-electron chi connectivity index (χ2n) is 6.98. The molecular weight excluding hydrogens is 464 g/mol. The quantitative estimate of drug-likeness (QED) is 0.507. The molecule has 1 heterocycles. The number of esters is 1. The molecule has 0 saturated carbocycles. The van der Waals surface area contributed by atoms with Gasteiger partial charge < -0.3 is 9.47 Å². The van der Waals surface area contributed by atoms with E-state index in [1.54, 1.807) is 0 Å². The van der Waals surface area contributed by atoms with E-state index in [1.807, 2.05) is 0 Å². The van der Waals surface area contributed by atoms with Crippen LogP contribution in [0.15, 0.2) is 53.4 Å². The number of methoxy groups -OCH3 is 1. The summed E-state index contributed by atoms with van der Waals surface area (Å²) in [6.07, 6.45) is 0.175. The number of hydrogen-bond acceptors (Lipinski definition) is 5. The molecule has 0 spiro atoms. The summed E-state index contributed by atoms with van der Waals surface area (Å²) in [5, 5.41) is -0.143. The van der Waals surface area contributed by atoms with Crippen LogP contribution in [0.3, 0.4) is 0 Å². The van der Waals surface area contributed by atoms with E-state index in [0.29, 0.717) is 16.7 Å². The van der Waals surface area contributed by atoms with Crippen molar-refractivity contribution in [2.45, 2.75) is 11.3 Å². The molecule has 166 valence electrons. The summed E-state index contributed by atoms with van der Waals surface area (Å²) in [6.45, 7) is -0.104. The van der Waals surface area contributed by atoms with Gasteiger partial charge in [-0.05, 0) is 53.1 Å². The van der Waals surface area contributed by atoms with Crippen LogP contribution in [0.1, 0.15) is 15.9 Å². The van der Waals surface area contributed by atoms with Crippen molar-refractivity contribution in [2.24, 2.45) is 0 Å². The van der Waals surface area contributed by atoms with Crippen LogP contribution in [0.4, 0.5) is 14.5 Å². The lowest BCUT2D eigenvalue weighted by molar-refractivity contribution is 0.0509. The highest BCUT2D eigenvalue weighted by Gasteiger charge is 2.27. The van der Waals surface area contributed by atoms with Gasteiger partial charge in [-0.3, -0.25) is 4.72 Å². The normalized spacial score (nSPS) is 15.1. The van der Waals surface area contributed by atoms with Gasteiger partial charge in [-0.1, -0.05) is 23.7 Å². The summed E-state index contributed by atoms with van der Waals surface area (Å²) in [5.74, 6) is -2.36. The van der Waals surface area contributed by atoms with E-state index in [-0.39, 0.29) is 35.1 Å². The summed E-state index contributed by atoms with van der Waals surface area (Å²) in [5.41, 5.74) is 1.02. The molecule has 3 aromatic carbocycles. The number of nitrogens with one attached hydrogen (secondary N) is 1. The fourth-order valence-corrected chi connectivity index (χ4v) is 5.07. The monoisotopic (exact) mass is 479 g/mol. The van der Waals surface area contributed by atoms with E-state index in [9.17, 15) is 22.0 Å². The van der Waals surface area contributed by atoms with Crippen LogP contribution in [0.25, 0.3) is 11.1 Å². The molecule has 1 aliphatic rings. The first-order valence-electron chi connectivity index (χ1n) is 9.35. The molecular formula is C22H16ClF2NO5S. The Bertz CT molecular complexity index is 1340. The maximum atomic E-state index is 14.5. The minimum absolute atomic E-state index is 0.104. The van der Waals surface area contributed by atoms with Crippen LogP contribution in [0.2, 0.25) is 5.02 Å². The van der Waals surface area contributed by atoms with Gasteiger partial charge in [0, 0.05) is 6.42 Å². The lowest BCUT2D eigenvalue weighted by Gasteiger charge is -2.17. The first-order valence-corrected chi connectivity index (χ1v) is 11.2. The smallest absolute Gasteiger partial charge is 0.338 e. The maximum absolute atomic E-state index is 14.5. The Morgan fingerprint density at radius 2 is 1.84 bits per heavy atom. The summed E-state index contributed by atoms with van der Waals surface area (Å²) in [6, 6.07) is 10.1. The average Bonchev–Trinajstić information content (AvgIpc) is 2.74. The molecule has 1 aliphatic heterocycles. The zero-order valence-electron chi connectivity index (χ0n) is 16.6. The molecule has 1 N–H and O–H groups in total. The van der Waals surface area contributed by atoms with Crippen molar-refractivity contribution in [2.75, 3.05) is 18.4 Å². The highest BCUT2D eigenvalue weighted by atomic mass is 35.5. The van der Waals surface area contributed by atoms with Crippen molar-refractivity contribution >= 4 is 33.3 Å². The van der Waals surface area contributed by atoms with Crippen molar-refractivity contribution in [1.82, 2.24) is 0 Å². The third kappa shape index (κ3) is 4.13. The van der Waals surface area contributed by atoms with Crippen molar-refractivity contribution in [1.29, 1.82) is 0 Å². The third-order valence-electron chi connectivity index (χ3n) is 4.93. The third-order valence-corrected chi connectivity index (χ3v) is 6.58. The number of ether oxygens (including phenoxy) is 2. The number of benzene rings is 3. The van der Waals surface area contributed by atoms with E-state index in [4.69, 9.17) is 21.1 Å². The van der Waals surface area contributed by atoms with E-state index < -0.39 is 32.5 Å². The minimum atomic E-state index is -4.43. The molecule has 10 heteroatoms. The standard InChI is InChI=1S/C22H16ClF2NO5S/c1-30-21-17(23)9-14-11-20(21)32(28,29)26-19-10-12(2-5-18(19)25)16-4-3-15(24)8-13(16)6-7-31-22(14)27/h2-5,8-11,26H,6-7H2,1H3. The maximum Gasteiger partial charge on any atom is 0.338 e. The zero-order valence-corrected chi connectivity index (χ0v) is 18.2. The predicted molar refractivity (Wildman–Crippen MR) is 115 cm³/mol. The van der Waals surface area contributed by atoms with Gasteiger partial charge in [-0.2, -0.15) is 0 Å². The first-order chi connectivity index (χ1) is 15.2. The summed E-state index contributed by atoms with van der Waals surface area (Å²) >= 11 is 6.13.